The van der Waals surface area contributed by atoms with E-state index in [-0.39, 0.29) is 5.82 Å². The van der Waals surface area contributed by atoms with Gasteiger partial charge < -0.3 is 19.7 Å². The second kappa shape index (κ2) is 11.2. The number of hydrogen-bond acceptors (Lipinski definition) is 7. The van der Waals surface area contributed by atoms with Crippen LogP contribution in [0, 0.1) is 5.82 Å². The van der Waals surface area contributed by atoms with E-state index in [1.807, 2.05) is 85.7 Å². The Balaban J connectivity index is 1.46. The number of halogens is 1. The van der Waals surface area contributed by atoms with Crippen molar-refractivity contribution < 1.29 is 13.9 Å². The molecule has 206 valence electrons. The fraction of sp³-hybridized carbons (Fsp3) is 0.156. The Hall–Kier alpha value is -5.02. The van der Waals surface area contributed by atoms with E-state index in [0.29, 0.717) is 46.4 Å². The summed E-state index contributed by atoms with van der Waals surface area (Å²) in [5, 5.41) is 12.2. The Morgan fingerprint density at radius 2 is 1.76 bits per heavy atom. The third kappa shape index (κ3) is 5.53. The number of nitrogens with zero attached hydrogens (tertiary/aromatic N) is 4. The lowest BCUT2D eigenvalue weighted by Gasteiger charge is -2.16. The normalized spacial score (nSPS) is 11.3. The second-order valence-electron chi connectivity index (χ2n) is 9.93. The highest BCUT2D eigenvalue weighted by Gasteiger charge is 2.17. The maximum absolute atomic E-state index is 15.3. The minimum absolute atomic E-state index is 0.348. The van der Waals surface area contributed by atoms with E-state index in [1.165, 1.54) is 6.07 Å². The summed E-state index contributed by atoms with van der Waals surface area (Å²) in [6.45, 7) is 1.23. The Labute approximate surface area is 236 Å². The average Bonchev–Trinajstić information content (AvgIpc) is 3.45. The van der Waals surface area contributed by atoms with Gasteiger partial charge in [-0.05, 0) is 50.0 Å². The molecule has 0 aliphatic rings. The molecule has 0 aliphatic carbocycles. The van der Waals surface area contributed by atoms with Gasteiger partial charge in [0.15, 0.2) is 17.3 Å². The first-order chi connectivity index (χ1) is 20.0. The molecule has 0 fully saturated rings. The molecule has 0 radical (unpaired) electrons. The molecule has 4 aromatic carbocycles. The van der Waals surface area contributed by atoms with Crippen LogP contribution in [0.25, 0.3) is 44.3 Å². The van der Waals surface area contributed by atoms with Crippen LogP contribution < -0.4 is 14.8 Å². The fourth-order valence-corrected chi connectivity index (χ4v) is 4.63. The lowest BCUT2D eigenvalue weighted by atomic mass is 10.0. The highest BCUT2D eigenvalue weighted by Crippen LogP contribution is 2.37. The van der Waals surface area contributed by atoms with Crippen molar-refractivity contribution in [2.75, 3.05) is 39.7 Å². The zero-order chi connectivity index (χ0) is 28.3. The van der Waals surface area contributed by atoms with E-state index in [0.717, 1.165) is 34.1 Å². The van der Waals surface area contributed by atoms with Crippen molar-refractivity contribution in [3.05, 3.63) is 90.9 Å². The Bertz CT molecular complexity index is 1840. The van der Waals surface area contributed by atoms with E-state index < -0.39 is 0 Å². The van der Waals surface area contributed by atoms with Crippen LogP contribution in [0.1, 0.15) is 0 Å². The number of H-pyrrole nitrogens is 1. The van der Waals surface area contributed by atoms with Crippen molar-refractivity contribution in [3.63, 3.8) is 0 Å². The Morgan fingerprint density at radius 3 is 2.54 bits per heavy atom. The molecule has 0 saturated heterocycles. The minimum Gasteiger partial charge on any atom is -0.493 e. The fourth-order valence-electron chi connectivity index (χ4n) is 4.63. The van der Waals surface area contributed by atoms with Crippen molar-refractivity contribution in [2.24, 2.45) is 0 Å². The molecule has 2 heterocycles. The van der Waals surface area contributed by atoms with Gasteiger partial charge in [-0.3, -0.25) is 5.10 Å². The van der Waals surface area contributed by atoms with Crippen molar-refractivity contribution in [1.82, 2.24) is 25.1 Å². The molecule has 41 heavy (non-hydrogen) atoms. The van der Waals surface area contributed by atoms with E-state index in [9.17, 15) is 0 Å². The molecule has 0 amide bonds. The topological polar surface area (TPSA) is 88.2 Å². The molecule has 6 rings (SSSR count). The third-order valence-corrected chi connectivity index (χ3v) is 6.79. The average molecular weight is 549 g/mol. The molecule has 0 spiro atoms. The summed E-state index contributed by atoms with van der Waals surface area (Å²) >= 11 is 0. The van der Waals surface area contributed by atoms with Crippen LogP contribution in [0.4, 0.5) is 15.9 Å². The van der Waals surface area contributed by atoms with Crippen LogP contribution in [-0.2, 0) is 0 Å². The Morgan fingerprint density at radius 1 is 0.902 bits per heavy atom. The molecule has 0 aliphatic heterocycles. The molecule has 0 unspecified atom stereocenters. The number of benzene rings is 4. The Kier molecular flexibility index (Phi) is 7.18. The van der Waals surface area contributed by atoms with Gasteiger partial charge in [0.05, 0.1) is 24.3 Å². The molecule has 0 bridgehead atoms. The zero-order valence-corrected chi connectivity index (χ0v) is 23.0. The second-order valence-corrected chi connectivity index (χ2v) is 9.93. The van der Waals surface area contributed by atoms with Crippen LogP contribution in [0.3, 0.4) is 0 Å². The van der Waals surface area contributed by atoms with Crippen molar-refractivity contribution in [2.45, 2.75) is 0 Å². The van der Waals surface area contributed by atoms with Gasteiger partial charge >= 0.3 is 0 Å². The highest BCUT2D eigenvalue weighted by molar-refractivity contribution is 5.95. The maximum atomic E-state index is 15.3. The number of hydrogen-bond donors (Lipinski definition) is 2. The van der Waals surface area contributed by atoms with Gasteiger partial charge in [-0.2, -0.15) is 5.10 Å². The first-order valence-electron chi connectivity index (χ1n) is 13.2. The number of methoxy groups -OCH3 is 1. The SMILES string of the molecule is COc1cc2nc(-c3ccc(-c4ccccc4)c(F)c3)nc(Nc3ccc4[nH]ncc4c3)c2cc1OCCN(C)C. The maximum Gasteiger partial charge on any atom is 0.162 e. The van der Waals surface area contributed by atoms with Crippen molar-refractivity contribution >= 4 is 33.3 Å². The van der Waals surface area contributed by atoms with Crippen molar-refractivity contribution in [1.29, 1.82) is 0 Å². The quantitative estimate of drug-likeness (QED) is 0.209. The smallest absolute Gasteiger partial charge is 0.162 e. The first kappa shape index (κ1) is 26.2. The summed E-state index contributed by atoms with van der Waals surface area (Å²) < 4.78 is 27.0. The summed E-state index contributed by atoms with van der Waals surface area (Å²) in [5.41, 5.74) is 4.26. The molecular weight excluding hydrogens is 519 g/mol. The zero-order valence-electron chi connectivity index (χ0n) is 23.0. The number of nitrogens with one attached hydrogen (secondary N) is 2. The first-order valence-corrected chi connectivity index (χ1v) is 13.2. The molecule has 2 N–H and O–H groups in total. The van der Waals surface area contributed by atoms with Gasteiger partial charge in [-0.25, -0.2) is 14.4 Å². The molecule has 0 saturated carbocycles. The van der Waals surface area contributed by atoms with Crippen LogP contribution in [0.15, 0.2) is 85.1 Å². The van der Waals surface area contributed by atoms with E-state index in [2.05, 4.69) is 15.5 Å². The number of ether oxygens (including phenoxy) is 2. The summed E-state index contributed by atoms with van der Waals surface area (Å²) in [7, 11) is 5.58. The lowest BCUT2D eigenvalue weighted by molar-refractivity contribution is 0.251. The molecule has 8 nitrogen and oxygen atoms in total. The molecule has 9 heteroatoms. The summed E-state index contributed by atoms with van der Waals surface area (Å²) in [4.78, 5) is 11.7. The predicted octanol–water partition coefficient (Wildman–Crippen LogP) is 6.67. The van der Waals surface area contributed by atoms with Crippen LogP contribution >= 0.6 is 0 Å². The van der Waals surface area contributed by atoms with E-state index >= 15 is 4.39 Å². The van der Waals surface area contributed by atoms with Crippen LogP contribution in [0.5, 0.6) is 11.5 Å². The molecule has 2 aromatic heterocycles. The minimum atomic E-state index is -0.348. The van der Waals surface area contributed by atoms with Crippen LogP contribution in [-0.4, -0.2) is 59.4 Å². The third-order valence-electron chi connectivity index (χ3n) is 6.79. The van der Waals surface area contributed by atoms with Gasteiger partial charge in [0, 0.05) is 40.2 Å². The highest BCUT2D eigenvalue weighted by atomic mass is 19.1. The standard InChI is InChI=1S/C32H29FN6O2/c1-39(2)13-14-41-30-17-25-28(18-29(30)40-3)36-31(21-9-11-24(26(33)16-21)20-7-5-4-6-8-20)37-32(25)35-23-10-12-27-22(15-23)19-34-38-27/h4-12,15-19H,13-14H2,1-3H3,(H,34,38)(H,35,36,37). The number of aromatic amines is 1. The lowest BCUT2D eigenvalue weighted by Crippen LogP contribution is -2.19. The molecule has 6 aromatic rings. The summed E-state index contributed by atoms with van der Waals surface area (Å²) in [5.74, 6) is 1.73. The number of fused-ring (bicyclic) bond motifs is 2. The van der Waals surface area contributed by atoms with Gasteiger partial charge in [-0.15, -0.1) is 0 Å². The largest absolute Gasteiger partial charge is 0.493 e. The monoisotopic (exact) mass is 548 g/mol. The summed E-state index contributed by atoms with van der Waals surface area (Å²) in [6.07, 6.45) is 1.77. The van der Waals surface area contributed by atoms with Gasteiger partial charge in [0.1, 0.15) is 18.2 Å². The summed E-state index contributed by atoms with van der Waals surface area (Å²) in [6, 6.07) is 24.1. The van der Waals surface area contributed by atoms with Gasteiger partial charge in [0.2, 0.25) is 0 Å². The molecular formula is C32H29FN6O2. The van der Waals surface area contributed by atoms with Gasteiger partial charge in [-0.1, -0.05) is 42.5 Å². The number of likely N-dealkylation sites (N-methyl/N-ethyl adjacent to an activating group) is 1. The number of aromatic nitrogens is 4. The van der Waals surface area contributed by atoms with Crippen molar-refractivity contribution in [3.8, 4) is 34.0 Å². The van der Waals surface area contributed by atoms with E-state index in [1.54, 1.807) is 19.4 Å². The van der Waals surface area contributed by atoms with Gasteiger partial charge in [0.25, 0.3) is 0 Å². The predicted molar refractivity (Wildman–Crippen MR) is 160 cm³/mol. The molecule has 0 atom stereocenters. The van der Waals surface area contributed by atoms with Crippen LogP contribution in [0.2, 0.25) is 0 Å². The number of anilines is 2. The van der Waals surface area contributed by atoms with E-state index in [4.69, 9.17) is 19.4 Å². The number of rotatable bonds is 9.